The maximum absolute atomic E-state index is 2.49. The van der Waals surface area contributed by atoms with E-state index in [1.54, 1.807) is 10.4 Å². The van der Waals surface area contributed by atoms with Crippen molar-refractivity contribution in [2.75, 3.05) is 0 Å². The quantitative estimate of drug-likeness (QED) is 0.187. The van der Waals surface area contributed by atoms with Gasteiger partial charge in [-0.25, -0.2) is 0 Å². The van der Waals surface area contributed by atoms with Crippen molar-refractivity contribution < 1.29 is 0 Å². The topological polar surface area (TPSA) is 4.93 Å². The van der Waals surface area contributed by atoms with Crippen molar-refractivity contribution in [2.24, 2.45) is 0 Å². The Morgan fingerprint density at radius 2 is 1.27 bits per heavy atom. The second kappa shape index (κ2) is 8.29. The van der Waals surface area contributed by atoms with Crippen LogP contribution in [0.1, 0.15) is 0 Å². The molecule has 41 heavy (non-hydrogen) atoms. The van der Waals surface area contributed by atoms with Crippen LogP contribution in [-0.4, -0.2) is 12.6 Å². The van der Waals surface area contributed by atoms with E-state index in [0.29, 0.717) is 0 Å². The number of hydrogen-bond acceptors (Lipinski definition) is 1. The Labute approximate surface area is 243 Å². The third-order valence-electron chi connectivity index (χ3n) is 9.19. The summed E-state index contributed by atoms with van der Waals surface area (Å²) in [6.07, 6.45) is 0. The predicted molar refractivity (Wildman–Crippen MR) is 181 cm³/mol. The van der Waals surface area contributed by atoms with Crippen LogP contribution >= 0.6 is 11.3 Å². The van der Waals surface area contributed by atoms with Crippen LogP contribution in [0.25, 0.3) is 69.9 Å². The monoisotopic (exact) mass is 557 g/mol. The summed E-state index contributed by atoms with van der Waals surface area (Å²) in [5, 5.41) is 8.40. The molecule has 0 unspecified atom stereocenters. The van der Waals surface area contributed by atoms with Crippen LogP contribution in [0, 0.1) is 0 Å². The zero-order valence-electron chi connectivity index (χ0n) is 23.0. The standard InChI is InChI=1S/C38H27NSSi/c1-41(2)34-19-11-8-15-27(34)30-22-24(20-21-35(30)41)29-23-31-26-14-6-9-17-32(26)39(25-12-4-3-5-13-25)37(31)36-28-16-7-10-18-33(28)40-38(29)36/h3-23H,1-2H3. The highest BCUT2D eigenvalue weighted by Gasteiger charge is 2.37. The Bertz CT molecular complexity index is 2340. The number of aromatic nitrogens is 1. The van der Waals surface area contributed by atoms with Gasteiger partial charge >= 0.3 is 0 Å². The van der Waals surface area contributed by atoms with Gasteiger partial charge in [-0.2, -0.15) is 0 Å². The van der Waals surface area contributed by atoms with Gasteiger partial charge in [-0.1, -0.05) is 104 Å². The zero-order valence-corrected chi connectivity index (χ0v) is 24.8. The fraction of sp³-hybridized carbons (Fsp3) is 0.0526. The Balaban J connectivity index is 1.44. The van der Waals surface area contributed by atoms with E-state index in [9.17, 15) is 0 Å². The van der Waals surface area contributed by atoms with Crippen molar-refractivity contribution in [3.63, 3.8) is 0 Å². The number of fused-ring (bicyclic) bond motifs is 10. The van der Waals surface area contributed by atoms with Crippen molar-refractivity contribution in [1.82, 2.24) is 4.57 Å². The fourth-order valence-corrected chi connectivity index (χ4v) is 11.6. The normalized spacial score (nSPS) is 13.8. The highest BCUT2D eigenvalue weighted by Crippen LogP contribution is 2.47. The smallest absolute Gasteiger partial charge is 0.113 e. The first-order valence-electron chi connectivity index (χ1n) is 14.3. The average Bonchev–Trinajstić information content (AvgIpc) is 3.63. The van der Waals surface area contributed by atoms with Crippen molar-refractivity contribution >= 4 is 71.8 Å². The summed E-state index contributed by atoms with van der Waals surface area (Å²) in [7, 11) is -1.70. The van der Waals surface area contributed by atoms with Gasteiger partial charge in [-0.05, 0) is 63.5 Å². The van der Waals surface area contributed by atoms with E-state index >= 15 is 0 Å². The van der Waals surface area contributed by atoms with Gasteiger partial charge in [0, 0.05) is 42.2 Å². The minimum atomic E-state index is -1.70. The molecule has 0 atom stereocenters. The lowest BCUT2D eigenvalue weighted by Gasteiger charge is -2.18. The van der Waals surface area contributed by atoms with Crippen molar-refractivity contribution in [1.29, 1.82) is 0 Å². The molecule has 3 heteroatoms. The Kier molecular flexibility index (Phi) is 4.71. The second-order valence-corrected chi connectivity index (χ2v) is 17.1. The van der Waals surface area contributed by atoms with E-state index in [1.165, 1.54) is 69.9 Å². The van der Waals surface area contributed by atoms with Crippen LogP contribution in [0.15, 0.2) is 127 Å². The molecule has 0 bridgehead atoms. The van der Waals surface area contributed by atoms with E-state index in [1.807, 2.05) is 11.3 Å². The summed E-state index contributed by atoms with van der Waals surface area (Å²) in [6, 6.07) is 47.5. The molecule has 0 amide bonds. The first-order valence-corrected chi connectivity index (χ1v) is 18.1. The van der Waals surface area contributed by atoms with Crippen LogP contribution in [0.3, 0.4) is 0 Å². The third-order valence-corrected chi connectivity index (χ3v) is 14.0. The van der Waals surface area contributed by atoms with Crippen molar-refractivity contribution in [3.05, 3.63) is 127 Å². The van der Waals surface area contributed by atoms with E-state index in [0.717, 1.165) is 0 Å². The lowest BCUT2D eigenvalue weighted by atomic mass is 9.96. The molecule has 1 aliphatic rings. The minimum absolute atomic E-state index is 1.20. The van der Waals surface area contributed by atoms with Crippen molar-refractivity contribution in [2.45, 2.75) is 13.1 Å². The summed E-state index contributed by atoms with van der Waals surface area (Å²) < 4.78 is 5.17. The molecule has 0 spiro atoms. The van der Waals surface area contributed by atoms with Gasteiger partial charge in [-0.15, -0.1) is 11.3 Å². The molecule has 194 valence electrons. The largest absolute Gasteiger partial charge is 0.309 e. The maximum Gasteiger partial charge on any atom is 0.113 e. The summed E-state index contributed by atoms with van der Waals surface area (Å²) in [5.41, 5.74) is 9.24. The Morgan fingerprint density at radius 3 is 2.15 bits per heavy atom. The van der Waals surface area contributed by atoms with Gasteiger partial charge < -0.3 is 4.57 Å². The minimum Gasteiger partial charge on any atom is -0.309 e. The number of para-hydroxylation sites is 2. The summed E-state index contributed by atoms with van der Waals surface area (Å²) in [6.45, 7) is 4.98. The molecule has 0 aliphatic carbocycles. The lowest BCUT2D eigenvalue weighted by Crippen LogP contribution is -2.49. The predicted octanol–water partition coefficient (Wildman–Crippen LogP) is 9.62. The first kappa shape index (κ1) is 23.3. The molecular weight excluding hydrogens is 531 g/mol. The molecule has 1 nitrogen and oxygen atoms in total. The lowest BCUT2D eigenvalue weighted by molar-refractivity contribution is 1.19. The van der Waals surface area contributed by atoms with E-state index in [4.69, 9.17) is 0 Å². The van der Waals surface area contributed by atoms with Crippen LogP contribution in [0.2, 0.25) is 13.1 Å². The second-order valence-electron chi connectivity index (χ2n) is 11.7. The molecule has 0 N–H and O–H groups in total. The molecule has 0 radical (unpaired) electrons. The SMILES string of the molecule is C[Si]1(C)c2ccccc2-c2cc(-c3cc4c5ccccc5n(-c5ccccc5)c4c4c3sc3ccccc34)ccc21. The maximum atomic E-state index is 2.49. The van der Waals surface area contributed by atoms with Gasteiger partial charge in [-0.3, -0.25) is 0 Å². The summed E-state index contributed by atoms with van der Waals surface area (Å²) in [5.74, 6) is 0. The van der Waals surface area contributed by atoms with Gasteiger partial charge in [0.2, 0.25) is 0 Å². The summed E-state index contributed by atoms with van der Waals surface area (Å²) in [4.78, 5) is 0. The molecule has 0 saturated heterocycles. The van der Waals surface area contributed by atoms with Crippen molar-refractivity contribution in [3.8, 4) is 27.9 Å². The molecule has 0 fully saturated rings. The van der Waals surface area contributed by atoms with E-state index < -0.39 is 8.07 Å². The highest BCUT2D eigenvalue weighted by molar-refractivity contribution is 7.26. The van der Waals surface area contributed by atoms with Crippen LogP contribution in [0.5, 0.6) is 0 Å². The molecule has 8 aromatic rings. The number of rotatable bonds is 2. The van der Waals surface area contributed by atoms with Crippen LogP contribution in [-0.2, 0) is 0 Å². The molecule has 6 aromatic carbocycles. The molecule has 9 rings (SSSR count). The van der Waals surface area contributed by atoms with Gasteiger partial charge in [0.1, 0.15) is 8.07 Å². The van der Waals surface area contributed by atoms with E-state index in [2.05, 4.69) is 145 Å². The Morgan fingerprint density at radius 1 is 0.561 bits per heavy atom. The van der Waals surface area contributed by atoms with Crippen LogP contribution in [0.4, 0.5) is 0 Å². The van der Waals surface area contributed by atoms with Crippen LogP contribution < -0.4 is 10.4 Å². The van der Waals surface area contributed by atoms with E-state index in [-0.39, 0.29) is 0 Å². The number of benzene rings is 6. The number of hydrogen-bond donors (Lipinski definition) is 0. The number of nitrogens with zero attached hydrogens (tertiary/aromatic N) is 1. The molecular formula is C38H27NSSi. The highest BCUT2D eigenvalue weighted by atomic mass is 32.1. The third kappa shape index (κ3) is 3.10. The fourth-order valence-electron chi connectivity index (χ4n) is 7.28. The van der Waals surface area contributed by atoms with Gasteiger partial charge in [0.15, 0.2) is 0 Å². The number of thiophene rings is 1. The Hall–Kier alpha value is -4.44. The molecule has 2 aromatic heterocycles. The molecule has 1 aliphatic heterocycles. The first-order chi connectivity index (χ1) is 20.1. The molecule has 0 saturated carbocycles. The zero-order chi connectivity index (χ0) is 27.3. The average molecular weight is 558 g/mol. The molecule has 3 heterocycles. The summed E-state index contributed by atoms with van der Waals surface area (Å²) >= 11 is 1.93. The van der Waals surface area contributed by atoms with Gasteiger partial charge in [0.05, 0.1) is 11.0 Å². The van der Waals surface area contributed by atoms with Gasteiger partial charge in [0.25, 0.3) is 0 Å².